The first-order chi connectivity index (χ1) is 14.5. The largest absolute Gasteiger partial charge is 0.490 e. The van der Waals surface area contributed by atoms with E-state index in [1.165, 1.54) is 0 Å². The van der Waals surface area contributed by atoms with Crippen molar-refractivity contribution in [3.8, 4) is 0 Å². The number of alkyl halides is 3. The van der Waals surface area contributed by atoms with Gasteiger partial charge in [-0.1, -0.05) is 0 Å². The first kappa shape index (κ1) is 24.7. The number of halogens is 3. The fraction of sp³-hybridized carbons (Fsp3) is 0.947. The molecule has 3 heterocycles. The Labute approximate surface area is 180 Å². The van der Waals surface area contributed by atoms with Crippen molar-refractivity contribution in [3.63, 3.8) is 0 Å². The van der Waals surface area contributed by atoms with Gasteiger partial charge in [-0.25, -0.2) is 17.9 Å². The number of aliphatic carboxylic acids is 1. The van der Waals surface area contributed by atoms with E-state index in [9.17, 15) is 21.6 Å². The van der Waals surface area contributed by atoms with Crippen LogP contribution in [0.15, 0.2) is 0 Å². The van der Waals surface area contributed by atoms with Gasteiger partial charge in [0.15, 0.2) is 0 Å². The van der Waals surface area contributed by atoms with Crippen molar-refractivity contribution in [2.75, 3.05) is 39.5 Å². The SMILES string of the molecule is O=C(O)C(F)(F)F.O=S(=O)(N[C@@H]1CCO[C@]2(CCN(CC3CCOCC3)C2)C1)C1CC1. The molecule has 3 aliphatic heterocycles. The quantitative estimate of drug-likeness (QED) is 0.628. The van der Waals surface area contributed by atoms with Gasteiger partial charge in [0.1, 0.15) is 0 Å². The second-order valence-electron chi connectivity index (χ2n) is 8.93. The Morgan fingerprint density at radius 1 is 1.13 bits per heavy atom. The highest BCUT2D eigenvalue weighted by molar-refractivity contribution is 7.90. The lowest BCUT2D eigenvalue weighted by Gasteiger charge is -2.38. The standard InChI is InChI=1S/C17H30N2O4S.C2HF3O2/c20-24(21,16-1-2-16)18-15-5-10-23-17(11-15)6-7-19(13-17)12-14-3-8-22-9-4-14;3-2(4,5)1(6)7/h14-16,18H,1-13H2;(H,6,7)/t15-,17-;/m1./s1. The molecule has 3 saturated heterocycles. The van der Waals surface area contributed by atoms with Crippen LogP contribution in [0.2, 0.25) is 0 Å². The van der Waals surface area contributed by atoms with Crippen molar-refractivity contribution in [2.45, 2.75) is 68.0 Å². The number of hydrogen-bond donors (Lipinski definition) is 2. The minimum atomic E-state index is -5.08. The van der Waals surface area contributed by atoms with Crippen LogP contribution in [0.5, 0.6) is 0 Å². The molecule has 12 heteroatoms. The normalized spacial score (nSPS) is 30.7. The van der Waals surface area contributed by atoms with Crippen molar-refractivity contribution >= 4 is 16.0 Å². The Morgan fingerprint density at radius 2 is 1.77 bits per heavy atom. The lowest BCUT2D eigenvalue weighted by Crippen LogP contribution is -2.50. The molecule has 31 heavy (non-hydrogen) atoms. The molecule has 2 N–H and O–H groups in total. The maximum atomic E-state index is 12.2. The summed E-state index contributed by atoms with van der Waals surface area (Å²) in [6, 6.07) is 0.0485. The van der Waals surface area contributed by atoms with Gasteiger partial charge in [-0.15, -0.1) is 0 Å². The highest BCUT2D eigenvalue weighted by Crippen LogP contribution is 2.36. The van der Waals surface area contributed by atoms with Gasteiger partial charge in [0.25, 0.3) is 0 Å². The first-order valence-electron chi connectivity index (χ1n) is 10.7. The van der Waals surface area contributed by atoms with Crippen LogP contribution in [0.25, 0.3) is 0 Å². The number of likely N-dealkylation sites (tertiary alicyclic amines) is 1. The number of carbonyl (C=O) groups is 1. The minimum Gasteiger partial charge on any atom is -0.475 e. The van der Waals surface area contributed by atoms with E-state index in [0.29, 0.717) is 6.61 Å². The third-order valence-corrected chi connectivity index (χ3v) is 8.29. The number of nitrogens with zero attached hydrogens (tertiary/aromatic N) is 1. The molecule has 0 radical (unpaired) electrons. The summed E-state index contributed by atoms with van der Waals surface area (Å²) in [4.78, 5) is 11.4. The van der Waals surface area contributed by atoms with Crippen LogP contribution in [-0.4, -0.2) is 86.9 Å². The predicted molar refractivity (Wildman–Crippen MR) is 105 cm³/mol. The summed E-state index contributed by atoms with van der Waals surface area (Å²) in [6.45, 7) is 5.61. The average molecular weight is 473 g/mol. The third kappa shape index (κ3) is 7.28. The first-order valence-corrected chi connectivity index (χ1v) is 12.3. The molecule has 0 unspecified atom stereocenters. The molecule has 1 aliphatic carbocycles. The van der Waals surface area contributed by atoms with E-state index in [0.717, 1.165) is 83.7 Å². The lowest BCUT2D eigenvalue weighted by atomic mass is 9.90. The summed E-state index contributed by atoms with van der Waals surface area (Å²) in [5, 5.41) is 6.99. The number of ether oxygens (including phenoxy) is 2. The molecule has 0 bridgehead atoms. The molecule has 0 aromatic heterocycles. The molecule has 0 aromatic carbocycles. The van der Waals surface area contributed by atoms with E-state index in [2.05, 4.69) is 9.62 Å². The fourth-order valence-electron chi connectivity index (χ4n) is 4.50. The Bertz CT molecular complexity index is 725. The van der Waals surface area contributed by atoms with Crippen LogP contribution in [0, 0.1) is 5.92 Å². The van der Waals surface area contributed by atoms with Crippen LogP contribution in [-0.2, 0) is 24.3 Å². The number of carboxylic acid groups (broad SMARTS) is 1. The predicted octanol–water partition coefficient (Wildman–Crippen LogP) is 1.75. The highest BCUT2D eigenvalue weighted by Gasteiger charge is 2.45. The molecular formula is C19H31F3N2O6S. The smallest absolute Gasteiger partial charge is 0.475 e. The molecule has 4 aliphatic rings. The number of sulfonamides is 1. The van der Waals surface area contributed by atoms with Crippen molar-refractivity contribution in [1.82, 2.24) is 9.62 Å². The van der Waals surface area contributed by atoms with Gasteiger partial charge in [-0.3, -0.25) is 0 Å². The van der Waals surface area contributed by atoms with E-state index in [4.69, 9.17) is 19.4 Å². The van der Waals surface area contributed by atoms with Crippen LogP contribution in [0.3, 0.4) is 0 Å². The molecule has 0 amide bonds. The summed E-state index contributed by atoms with van der Waals surface area (Å²) >= 11 is 0. The third-order valence-electron chi connectivity index (χ3n) is 6.28. The van der Waals surface area contributed by atoms with Crippen LogP contribution < -0.4 is 4.72 Å². The van der Waals surface area contributed by atoms with E-state index in [-0.39, 0.29) is 16.9 Å². The number of hydrogen-bond acceptors (Lipinski definition) is 6. The zero-order chi connectivity index (χ0) is 22.7. The summed E-state index contributed by atoms with van der Waals surface area (Å²) in [5.41, 5.74) is -0.139. The Hall–Kier alpha value is -0.950. The summed E-state index contributed by atoms with van der Waals surface area (Å²) in [7, 11) is -3.10. The van der Waals surface area contributed by atoms with Crippen molar-refractivity contribution in [1.29, 1.82) is 0 Å². The molecular weight excluding hydrogens is 441 g/mol. The number of rotatable bonds is 5. The van der Waals surface area contributed by atoms with Crippen molar-refractivity contribution < 1.29 is 41.0 Å². The summed E-state index contributed by atoms with van der Waals surface area (Å²) in [6.07, 6.45) is 1.53. The molecule has 8 nitrogen and oxygen atoms in total. The van der Waals surface area contributed by atoms with Crippen LogP contribution in [0.1, 0.15) is 44.9 Å². The zero-order valence-electron chi connectivity index (χ0n) is 17.4. The van der Waals surface area contributed by atoms with Gasteiger partial charge in [-0.05, 0) is 50.9 Å². The van der Waals surface area contributed by atoms with E-state index in [1.54, 1.807) is 0 Å². The minimum absolute atomic E-state index is 0.0485. The Morgan fingerprint density at radius 3 is 2.35 bits per heavy atom. The Kier molecular flexibility index (Phi) is 7.88. The van der Waals surface area contributed by atoms with E-state index < -0.39 is 22.2 Å². The molecule has 0 aromatic rings. The molecule has 4 fully saturated rings. The topological polar surface area (TPSA) is 105 Å². The lowest BCUT2D eigenvalue weighted by molar-refractivity contribution is -0.192. The molecule has 4 rings (SSSR count). The maximum Gasteiger partial charge on any atom is 0.490 e. The molecule has 180 valence electrons. The van der Waals surface area contributed by atoms with Gasteiger partial charge >= 0.3 is 12.1 Å². The van der Waals surface area contributed by atoms with Crippen LogP contribution >= 0.6 is 0 Å². The molecule has 1 spiro atoms. The highest BCUT2D eigenvalue weighted by atomic mass is 32.2. The van der Waals surface area contributed by atoms with Gasteiger partial charge in [0, 0.05) is 45.5 Å². The monoisotopic (exact) mass is 472 g/mol. The Balaban J connectivity index is 0.000000339. The average Bonchev–Trinajstić information content (AvgIpc) is 3.48. The maximum absolute atomic E-state index is 12.2. The fourth-order valence-corrected chi connectivity index (χ4v) is 6.11. The second kappa shape index (κ2) is 9.90. The van der Waals surface area contributed by atoms with Gasteiger partial charge in [0.05, 0.1) is 10.9 Å². The van der Waals surface area contributed by atoms with Crippen molar-refractivity contribution in [3.05, 3.63) is 0 Å². The number of carboxylic acids is 1. The van der Waals surface area contributed by atoms with Crippen molar-refractivity contribution in [2.24, 2.45) is 5.92 Å². The second-order valence-corrected chi connectivity index (χ2v) is 10.9. The zero-order valence-corrected chi connectivity index (χ0v) is 18.2. The molecule has 2 atom stereocenters. The van der Waals surface area contributed by atoms with E-state index in [1.807, 2.05) is 0 Å². The number of nitrogens with one attached hydrogen (secondary N) is 1. The van der Waals surface area contributed by atoms with Gasteiger partial charge in [0.2, 0.25) is 10.0 Å². The van der Waals surface area contributed by atoms with Gasteiger partial charge in [-0.2, -0.15) is 13.2 Å². The van der Waals surface area contributed by atoms with Gasteiger partial charge < -0.3 is 19.5 Å². The summed E-state index contributed by atoms with van der Waals surface area (Å²) in [5.74, 6) is -2.02. The van der Waals surface area contributed by atoms with E-state index >= 15 is 0 Å². The summed E-state index contributed by atoms with van der Waals surface area (Å²) < 4.78 is 70.7. The van der Waals surface area contributed by atoms with Crippen LogP contribution in [0.4, 0.5) is 13.2 Å². The molecule has 1 saturated carbocycles.